The van der Waals surface area contributed by atoms with E-state index in [2.05, 4.69) is 20.9 Å². The number of halogens is 1. The Hall–Kier alpha value is -0.990. The van der Waals surface area contributed by atoms with Crippen molar-refractivity contribution < 1.29 is 13.2 Å². The van der Waals surface area contributed by atoms with E-state index in [0.717, 1.165) is 10.2 Å². The lowest BCUT2D eigenvalue weighted by atomic mass is 10.1. The summed E-state index contributed by atoms with van der Waals surface area (Å²) in [6, 6.07) is 1.84. The predicted molar refractivity (Wildman–Crippen MR) is 75.1 cm³/mol. The molecule has 1 unspecified atom stereocenters. The Bertz CT molecular complexity index is 618. The van der Waals surface area contributed by atoms with Crippen molar-refractivity contribution in [2.45, 2.75) is 13.3 Å². The van der Waals surface area contributed by atoms with Crippen LogP contribution >= 0.6 is 15.9 Å². The molecular formula is C11H14BrN3O3S. The summed E-state index contributed by atoms with van der Waals surface area (Å²) in [7, 11) is -3.55. The first kappa shape index (κ1) is 14.4. The Morgan fingerprint density at radius 3 is 2.84 bits per heavy atom. The van der Waals surface area contributed by atoms with Gasteiger partial charge in [0.05, 0.1) is 17.6 Å². The lowest BCUT2D eigenvalue weighted by molar-refractivity contribution is -0.117. The molecule has 1 fully saturated rings. The summed E-state index contributed by atoms with van der Waals surface area (Å²) in [6.07, 6.45) is 1.79. The second kappa shape index (κ2) is 5.18. The quantitative estimate of drug-likeness (QED) is 0.818. The molecule has 2 rings (SSSR count). The predicted octanol–water partition coefficient (Wildman–Crippen LogP) is 0.794. The van der Waals surface area contributed by atoms with E-state index >= 15 is 0 Å². The van der Waals surface area contributed by atoms with E-state index in [4.69, 9.17) is 5.14 Å². The number of aromatic nitrogens is 1. The molecule has 1 atom stereocenters. The summed E-state index contributed by atoms with van der Waals surface area (Å²) in [4.78, 5) is 17.6. The number of sulfonamides is 1. The maximum Gasteiger partial charge on any atom is 0.227 e. The summed E-state index contributed by atoms with van der Waals surface area (Å²) in [5, 5.41) is 5.01. The highest BCUT2D eigenvalue weighted by molar-refractivity contribution is 9.10. The van der Waals surface area contributed by atoms with Crippen molar-refractivity contribution in [2.75, 3.05) is 17.2 Å². The number of anilines is 1. The molecule has 0 saturated carbocycles. The fraction of sp³-hybridized carbons (Fsp3) is 0.455. The van der Waals surface area contributed by atoms with Crippen molar-refractivity contribution in [1.82, 2.24) is 4.98 Å². The van der Waals surface area contributed by atoms with Gasteiger partial charge in [0.2, 0.25) is 15.9 Å². The number of amides is 1. The summed E-state index contributed by atoms with van der Waals surface area (Å²) in [5.41, 5.74) is 1.60. The first-order valence-corrected chi connectivity index (χ1v) is 8.20. The minimum atomic E-state index is -3.55. The zero-order valence-electron chi connectivity index (χ0n) is 10.3. The van der Waals surface area contributed by atoms with Crippen molar-refractivity contribution in [3.63, 3.8) is 0 Å². The molecule has 1 amide bonds. The topological polar surface area (TPSA) is 93.4 Å². The number of hydrogen-bond donors (Lipinski definition) is 1. The highest BCUT2D eigenvalue weighted by atomic mass is 79.9. The minimum absolute atomic E-state index is 0.0998. The van der Waals surface area contributed by atoms with Crippen LogP contribution in [0.4, 0.5) is 5.69 Å². The van der Waals surface area contributed by atoms with Gasteiger partial charge in [0.25, 0.3) is 0 Å². The van der Waals surface area contributed by atoms with E-state index in [0.29, 0.717) is 12.2 Å². The molecular weight excluding hydrogens is 334 g/mol. The van der Waals surface area contributed by atoms with Crippen LogP contribution in [0.3, 0.4) is 0 Å². The molecule has 1 saturated heterocycles. The molecule has 6 nitrogen and oxygen atoms in total. The Morgan fingerprint density at radius 1 is 1.58 bits per heavy atom. The number of primary sulfonamides is 1. The SMILES string of the molecule is Cc1cc(N2CC(CS(N)(=O)=O)CC2=O)cnc1Br. The summed E-state index contributed by atoms with van der Waals surface area (Å²) < 4.78 is 22.9. The maximum absolute atomic E-state index is 11.9. The molecule has 0 radical (unpaired) electrons. The van der Waals surface area contributed by atoms with E-state index in [-0.39, 0.29) is 24.0 Å². The summed E-state index contributed by atoms with van der Waals surface area (Å²) >= 11 is 3.29. The molecule has 104 valence electrons. The molecule has 1 aliphatic rings. The third kappa shape index (κ3) is 3.52. The van der Waals surface area contributed by atoms with Crippen LogP contribution in [0.15, 0.2) is 16.9 Å². The van der Waals surface area contributed by atoms with Gasteiger partial charge in [-0.3, -0.25) is 4.79 Å². The number of aryl methyl sites for hydroxylation is 1. The smallest absolute Gasteiger partial charge is 0.227 e. The fourth-order valence-electron chi connectivity index (χ4n) is 2.16. The van der Waals surface area contributed by atoms with Crippen LogP contribution in [0.25, 0.3) is 0 Å². The van der Waals surface area contributed by atoms with Gasteiger partial charge in [-0.15, -0.1) is 0 Å². The van der Waals surface area contributed by atoms with Crippen molar-refractivity contribution in [1.29, 1.82) is 0 Å². The lowest BCUT2D eigenvalue weighted by Gasteiger charge is -2.17. The highest BCUT2D eigenvalue weighted by Crippen LogP contribution is 2.27. The second-order valence-electron chi connectivity index (χ2n) is 4.71. The third-order valence-corrected chi connectivity index (χ3v) is 4.75. The van der Waals surface area contributed by atoms with Gasteiger partial charge in [0.15, 0.2) is 0 Å². The Kier molecular flexibility index (Phi) is 3.93. The fourth-order valence-corrected chi connectivity index (χ4v) is 3.26. The maximum atomic E-state index is 11.9. The molecule has 1 aliphatic heterocycles. The third-order valence-electron chi connectivity index (χ3n) is 2.98. The molecule has 19 heavy (non-hydrogen) atoms. The molecule has 8 heteroatoms. The molecule has 0 spiro atoms. The number of rotatable bonds is 3. The Balaban J connectivity index is 2.18. The molecule has 1 aromatic heterocycles. The van der Waals surface area contributed by atoms with Crippen LogP contribution in [0.2, 0.25) is 0 Å². The van der Waals surface area contributed by atoms with Crippen molar-refractivity contribution in [3.05, 3.63) is 22.4 Å². The number of nitrogens with two attached hydrogens (primary N) is 1. The molecule has 0 bridgehead atoms. The van der Waals surface area contributed by atoms with Gasteiger partial charge in [-0.05, 0) is 34.5 Å². The first-order chi connectivity index (χ1) is 8.76. The van der Waals surface area contributed by atoms with E-state index < -0.39 is 10.0 Å². The van der Waals surface area contributed by atoms with Gasteiger partial charge < -0.3 is 4.90 Å². The van der Waals surface area contributed by atoms with Crippen molar-refractivity contribution >= 4 is 37.5 Å². The summed E-state index contributed by atoms with van der Waals surface area (Å²) in [5.74, 6) is -0.526. The lowest BCUT2D eigenvalue weighted by Crippen LogP contribution is -2.27. The van der Waals surface area contributed by atoms with Crippen molar-refractivity contribution in [2.24, 2.45) is 11.1 Å². The monoisotopic (exact) mass is 347 g/mol. The van der Waals surface area contributed by atoms with Gasteiger partial charge in [-0.2, -0.15) is 0 Å². The summed E-state index contributed by atoms with van der Waals surface area (Å²) in [6.45, 7) is 2.24. The largest absolute Gasteiger partial charge is 0.311 e. The van der Waals surface area contributed by atoms with Crippen LogP contribution in [-0.2, 0) is 14.8 Å². The van der Waals surface area contributed by atoms with Crippen LogP contribution in [-0.4, -0.2) is 31.6 Å². The first-order valence-electron chi connectivity index (χ1n) is 5.69. The number of carbonyl (C=O) groups is 1. The van der Waals surface area contributed by atoms with E-state index in [1.807, 2.05) is 13.0 Å². The number of nitrogens with zero attached hydrogens (tertiary/aromatic N) is 2. The number of pyridine rings is 1. The minimum Gasteiger partial charge on any atom is -0.311 e. The van der Waals surface area contributed by atoms with Gasteiger partial charge in [-0.25, -0.2) is 18.5 Å². The Labute approximate surface area is 120 Å². The van der Waals surface area contributed by atoms with Gasteiger partial charge in [0.1, 0.15) is 4.60 Å². The van der Waals surface area contributed by atoms with Crippen LogP contribution in [0.1, 0.15) is 12.0 Å². The van der Waals surface area contributed by atoms with Gasteiger partial charge in [0, 0.05) is 18.9 Å². The Morgan fingerprint density at radius 2 is 2.26 bits per heavy atom. The molecule has 2 heterocycles. The zero-order chi connectivity index (χ0) is 14.2. The number of carbonyl (C=O) groups excluding carboxylic acids is 1. The molecule has 0 aliphatic carbocycles. The zero-order valence-corrected chi connectivity index (χ0v) is 12.7. The average Bonchev–Trinajstić information content (AvgIpc) is 2.61. The van der Waals surface area contributed by atoms with E-state index in [1.54, 1.807) is 11.1 Å². The standard InChI is InChI=1S/C11H14BrN3O3S/c1-7-2-9(4-14-11(7)12)15-5-8(3-10(15)16)6-19(13,17)18/h2,4,8H,3,5-6H2,1H3,(H2,13,17,18). The highest BCUT2D eigenvalue weighted by Gasteiger charge is 2.33. The van der Waals surface area contributed by atoms with Crippen molar-refractivity contribution in [3.8, 4) is 0 Å². The van der Waals surface area contributed by atoms with Crippen LogP contribution < -0.4 is 10.0 Å². The van der Waals surface area contributed by atoms with E-state index in [1.165, 1.54) is 0 Å². The van der Waals surface area contributed by atoms with Gasteiger partial charge >= 0.3 is 0 Å². The van der Waals surface area contributed by atoms with E-state index in [9.17, 15) is 13.2 Å². The second-order valence-corrected chi connectivity index (χ2v) is 7.12. The van der Waals surface area contributed by atoms with Crippen LogP contribution in [0.5, 0.6) is 0 Å². The normalized spacial score (nSPS) is 20.1. The van der Waals surface area contributed by atoms with Crippen LogP contribution in [0, 0.1) is 12.8 Å². The average molecular weight is 348 g/mol. The number of hydrogen-bond acceptors (Lipinski definition) is 4. The molecule has 2 N–H and O–H groups in total. The molecule has 1 aromatic rings. The molecule has 0 aromatic carbocycles. The van der Waals surface area contributed by atoms with Gasteiger partial charge in [-0.1, -0.05) is 0 Å².